The Balaban J connectivity index is 2.55. The molecule has 1 aromatic heterocycles. The van der Waals surface area contributed by atoms with Gasteiger partial charge in [-0.3, -0.25) is 62.3 Å². The van der Waals surface area contributed by atoms with Gasteiger partial charge in [0, 0.05) is 44.0 Å². The Morgan fingerprint density at radius 2 is 0.978 bits per heavy atom. The number of hydrogen-bond donors (Lipinski definition) is 19. The van der Waals surface area contributed by atoms with E-state index < -0.39 is 201 Å². The molecule has 0 saturated carbocycles. The SMILES string of the molecule is CC[C@H](C)[C@H](NC(=O)[C@H](CCC(N)=O)NC(=O)[C@H](CCCCN)NC(=O)[C@H](Cc1cnc[nH]1)NC(=O)[C@H](CC(N)=O)NC(=O)[C@H](Cc1ccc(O)cc1)NC(=O)[C@@H](N)CO)C(=O)N[C@@H](CCC(=O)O)C(=O)N[C@@H](CCC(N)=O)C(=O)N[C@@H](CC(C)C)C(=O)O. The van der Waals surface area contributed by atoms with Crippen molar-refractivity contribution in [2.24, 2.45) is 40.5 Å². The lowest BCUT2D eigenvalue weighted by Crippen LogP contribution is -2.61. The fraction of sp³-hybridized carbons (Fsp3) is 0.582. The topological polar surface area (TPSA) is 587 Å². The predicted octanol–water partition coefficient (Wildman–Crippen LogP) is -5.84. The molecule has 34 nitrogen and oxygen atoms in total. The lowest BCUT2D eigenvalue weighted by Gasteiger charge is -2.30. The maximum absolute atomic E-state index is 14.5. The summed E-state index contributed by atoms with van der Waals surface area (Å²) in [6.07, 6.45) is -1.76. The quantitative estimate of drug-likeness (QED) is 0.0275. The minimum Gasteiger partial charge on any atom is -0.508 e. The lowest BCUT2D eigenvalue weighted by atomic mass is 9.96. The van der Waals surface area contributed by atoms with Crippen molar-refractivity contribution in [2.75, 3.05) is 13.2 Å². The summed E-state index contributed by atoms with van der Waals surface area (Å²) in [5, 5.41) is 60.4. The van der Waals surface area contributed by atoms with Crippen molar-refractivity contribution in [3.8, 4) is 5.75 Å². The van der Waals surface area contributed by atoms with Crippen LogP contribution in [0.3, 0.4) is 0 Å². The second kappa shape index (κ2) is 38.8. The molecule has 11 atom stereocenters. The predicted molar refractivity (Wildman–Crippen MR) is 314 cm³/mol. The Morgan fingerprint density at radius 3 is 1.43 bits per heavy atom. The summed E-state index contributed by atoms with van der Waals surface area (Å²) in [4.78, 5) is 193. The van der Waals surface area contributed by atoms with Gasteiger partial charge in [-0.15, -0.1) is 0 Å². The van der Waals surface area contributed by atoms with E-state index in [0.29, 0.717) is 12.0 Å². The standard InChI is InChI=1S/C55H86N16O18/c1-5-28(4)45(54(87)66-36(15-18-44(77)78)48(81)64-34(13-16-41(58)74)49(82)70-40(55(88)89)20-27(2)3)71-50(83)35(14-17-42(59)75)65-47(80)33(8-6-7-19-56)63-52(85)38(22-30-24-61-26-62-30)68-53(86)39(23-43(60)76)69-51(84)37(67-46(79)32(57)25-72)21-29-9-11-31(73)12-10-29/h9-12,24,26-28,32-40,45,72-73H,5-8,13-23,25,56-57H2,1-4H3,(H2,58,74)(H2,59,75)(H2,60,76)(H,61,62)(H,63,85)(H,64,81)(H,65,80)(H,66,87)(H,67,79)(H,68,86)(H,69,84)(H,70,82)(H,71,83)(H,77,78)(H,88,89)/t28-,32-,33-,34-,35-,36-,37-,38-,39-,40-,45-/m0/s1. The van der Waals surface area contributed by atoms with Crippen LogP contribution in [-0.2, 0) is 80.0 Å². The van der Waals surface area contributed by atoms with Crippen LogP contribution in [0.2, 0.25) is 0 Å². The number of H-pyrrole nitrogens is 1. The number of imidazole rings is 1. The molecule has 2 rings (SSSR count). The first kappa shape index (κ1) is 75.8. The van der Waals surface area contributed by atoms with Gasteiger partial charge in [0.2, 0.25) is 70.9 Å². The molecule has 0 aliphatic heterocycles. The molecule has 12 amide bonds. The molecular weight excluding hydrogens is 1170 g/mol. The lowest BCUT2D eigenvalue weighted by molar-refractivity contribution is -0.143. The highest BCUT2D eigenvalue weighted by Gasteiger charge is 2.38. The van der Waals surface area contributed by atoms with Crippen molar-refractivity contribution in [1.29, 1.82) is 0 Å². The number of carboxylic acids is 2. The summed E-state index contributed by atoms with van der Waals surface area (Å²) >= 11 is 0. The Bertz CT molecular complexity index is 2750. The Kier molecular flexibility index (Phi) is 33.0. The minimum absolute atomic E-state index is 0.0251. The van der Waals surface area contributed by atoms with Crippen LogP contribution in [0.4, 0.5) is 0 Å². The van der Waals surface area contributed by atoms with E-state index in [1.165, 1.54) is 43.7 Å². The number of aliphatic hydroxyl groups is 1. The van der Waals surface area contributed by atoms with Gasteiger partial charge in [0.05, 0.1) is 19.4 Å². The average molecular weight is 1260 g/mol. The Morgan fingerprint density at radius 1 is 0.539 bits per heavy atom. The second-order valence-electron chi connectivity index (χ2n) is 21.7. The van der Waals surface area contributed by atoms with Gasteiger partial charge in [-0.05, 0) is 81.0 Å². The summed E-state index contributed by atoms with van der Waals surface area (Å²) in [7, 11) is 0. The first-order valence-corrected chi connectivity index (χ1v) is 28.7. The third-order valence-corrected chi connectivity index (χ3v) is 13.8. The van der Waals surface area contributed by atoms with Gasteiger partial charge in [0.15, 0.2) is 0 Å². The number of aliphatic hydroxyl groups excluding tert-OH is 1. The summed E-state index contributed by atoms with van der Waals surface area (Å²) in [6, 6.07) is -10.6. The zero-order valence-corrected chi connectivity index (χ0v) is 50.0. The molecule has 34 heteroatoms. The molecule has 2 aromatic rings. The number of rotatable bonds is 43. The average Bonchev–Trinajstić information content (AvgIpc) is 2.86. The molecule has 0 unspecified atom stereocenters. The van der Waals surface area contributed by atoms with Crippen LogP contribution in [0.5, 0.6) is 5.75 Å². The number of aliphatic carboxylic acids is 2. The fourth-order valence-corrected chi connectivity index (χ4v) is 8.63. The largest absolute Gasteiger partial charge is 0.508 e. The number of primary amides is 3. The first-order valence-electron chi connectivity index (χ1n) is 28.7. The molecule has 0 aliphatic carbocycles. The summed E-state index contributed by atoms with van der Waals surface area (Å²) in [5.41, 5.74) is 28.4. The van der Waals surface area contributed by atoms with Crippen LogP contribution in [-0.4, -0.2) is 187 Å². The molecule has 1 aromatic carbocycles. The molecule has 24 N–H and O–H groups in total. The first-order chi connectivity index (χ1) is 41.9. The van der Waals surface area contributed by atoms with E-state index in [9.17, 15) is 87.5 Å². The number of nitrogens with two attached hydrogens (primary N) is 5. The van der Waals surface area contributed by atoms with Gasteiger partial charge >= 0.3 is 11.9 Å². The molecule has 0 saturated heterocycles. The highest BCUT2D eigenvalue weighted by Crippen LogP contribution is 2.15. The van der Waals surface area contributed by atoms with Gasteiger partial charge in [-0.1, -0.05) is 46.2 Å². The number of nitrogens with one attached hydrogen (secondary N) is 10. The maximum atomic E-state index is 14.5. The number of carboxylic acid groups (broad SMARTS) is 2. The van der Waals surface area contributed by atoms with Crippen molar-refractivity contribution in [1.82, 2.24) is 57.8 Å². The van der Waals surface area contributed by atoms with Gasteiger partial charge in [0.25, 0.3) is 0 Å². The summed E-state index contributed by atoms with van der Waals surface area (Å²) < 4.78 is 0. The van der Waals surface area contributed by atoms with Crippen LogP contribution in [0, 0.1) is 11.8 Å². The molecule has 0 bridgehead atoms. The zero-order chi connectivity index (χ0) is 67.1. The molecule has 0 fully saturated rings. The number of carbonyl (C=O) groups is 14. The highest BCUT2D eigenvalue weighted by atomic mass is 16.4. The second-order valence-corrected chi connectivity index (χ2v) is 21.7. The van der Waals surface area contributed by atoms with Crippen LogP contribution in [0.25, 0.3) is 0 Å². The number of hydrogen-bond acceptors (Lipinski definition) is 19. The number of phenolic OH excluding ortho intramolecular Hbond substituents is 1. The van der Waals surface area contributed by atoms with E-state index in [-0.39, 0.29) is 62.4 Å². The van der Waals surface area contributed by atoms with Crippen molar-refractivity contribution < 1.29 is 87.5 Å². The number of amides is 12. The van der Waals surface area contributed by atoms with Gasteiger partial charge in [-0.2, -0.15) is 0 Å². The maximum Gasteiger partial charge on any atom is 0.326 e. The van der Waals surface area contributed by atoms with E-state index >= 15 is 0 Å². The van der Waals surface area contributed by atoms with Crippen molar-refractivity contribution >= 4 is 82.8 Å². The number of aromatic amines is 1. The molecule has 0 spiro atoms. The van der Waals surface area contributed by atoms with Crippen molar-refractivity contribution in [3.63, 3.8) is 0 Å². The van der Waals surface area contributed by atoms with Crippen LogP contribution < -0.4 is 76.5 Å². The highest BCUT2D eigenvalue weighted by molar-refractivity contribution is 6.00. The van der Waals surface area contributed by atoms with Gasteiger partial charge in [0.1, 0.15) is 66.2 Å². The van der Waals surface area contributed by atoms with E-state index in [1.807, 2.05) is 0 Å². The van der Waals surface area contributed by atoms with Crippen molar-refractivity contribution in [2.45, 2.75) is 178 Å². The molecule has 494 valence electrons. The number of aromatic hydroxyl groups is 1. The van der Waals surface area contributed by atoms with E-state index in [4.69, 9.17) is 28.7 Å². The van der Waals surface area contributed by atoms with Crippen molar-refractivity contribution in [3.05, 3.63) is 48.0 Å². The Hall–Kier alpha value is -9.31. The van der Waals surface area contributed by atoms with Crippen LogP contribution >= 0.6 is 0 Å². The van der Waals surface area contributed by atoms with Crippen LogP contribution in [0.15, 0.2) is 36.8 Å². The molecular formula is C55H86N16O18. The number of nitrogens with zero attached hydrogens (tertiary/aromatic N) is 1. The Labute approximate surface area is 512 Å². The molecule has 89 heavy (non-hydrogen) atoms. The molecule has 0 aliphatic rings. The van der Waals surface area contributed by atoms with Gasteiger partial charge < -0.3 is 102 Å². The monoisotopic (exact) mass is 1260 g/mol. The number of aromatic nitrogens is 2. The van der Waals surface area contributed by atoms with E-state index in [1.54, 1.807) is 20.8 Å². The third-order valence-electron chi connectivity index (χ3n) is 13.8. The zero-order valence-electron chi connectivity index (χ0n) is 50.0. The minimum atomic E-state index is -1.83. The van der Waals surface area contributed by atoms with E-state index in [2.05, 4.69) is 57.8 Å². The molecule has 0 radical (unpaired) electrons. The number of phenols is 1. The number of benzene rings is 1. The number of unbranched alkanes of at least 4 members (excludes halogenated alkanes) is 1. The summed E-state index contributed by atoms with van der Waals surface area (Å²) in [6.45, 7) is 5.86. The smallest absolute Gasteiger partial charge is 0.326 e. The fourth-order valence-electron chi connectivity index (χ4n) is 8.63. The third kappa shape index (κ3) is 28.4. The number of carbonyl (C=O) groups excluding carboxylic acids is 12. The molecule has 1 heterocycles. The van der Waals surface area contributed by atoms with E-state index in [0.717, 1.165) is 0 Å². The van der Waals surface area contributed by atoms with Gasteiger partial charge in [-0.25, -0.2) is 9.78 Å². The summed E-state index contributed by atoms with van der Waals surface area (Å²) in [5.74, 6) is -16.5. The normalized spacial score (nSPS) is 14.8. The van der Waals surface area contributed by atoms with Crippen LogP contribution in [0.1, 0.15) is 116 Å².